The lowest BCUT2D eigenvalue weighted by molar-refractivity contribution is 0.459. The van der Waals surface area contributed by atoms with E-state index in [-0.39, 0.29) is 5.75 Å². The first-order valence-electron chi connectivity index (χ1n) is 5.45. The summed E-state index contributed by atoms with van der Waals surface area (Å²) in [4.78, 5) is 10.9. The molecular formula is C13H11N3O2. The maximum Gasteiger partial charge on any atom is 0.267 e. The smallest absolute Gasteiger partial charge is 0.267 e. The molecule has 0 aliphatic rings. The summed E-state index contributed by atoms with van der Waals surface area (Å²) in [5.41, 5.74) is 1.69. The van der Waals surface area contributed by atoms with Gasteiger partial charge in [0.1, 0.15) is 11.4 Å². The van der Waals surface area contributed by atoms with E-state index in [1.807, 2.05) is 12.1 Å². The summed E-state index contributed by atoms with van der Waals surface area (Å²) < 4.78 is 0. The first-order valence-corrected chi connectivity index (χ1v) is 5.45. The van der Waals surface area contributed by atoms with E-state index in [0.717, 1.165) is 11.6 Å². The van der Waals surface area contributed by atoms with Gasteiger partial charge in [0.25, 0.3) is 5.56 Å². The number of aromatic nitrogens is 2. The Kier molecular flexibility index (Phi) is 3.39. The number of hydrogen-bond acceptors (Lipinski definition) is 4. The monoisotopic (exact) mass is 241 g/mol. The van der Waals surface area contributed by atoms with E-state index in [9.17, 15) is 9.90 Å². The quantitative estimate of drug-likeness (QED) is 0.842. The fraction of sp³-hybridized carbons (Fsp3) is 0.154. The molecule has 2 rings (SSSR count). The molecule has 5 nitrogen and oxygen atoms in total. The third-order valence-corrected chi connectivity index (χ3v) is 2.60. The van der Waals surface area contributed by atoms with E-state index in [2.05, 4.69) is 16.3 Å². The fourth-order valence-electron chi connectivity index (χ4n) is 1.61. The summed E-state index contributed by atoms with van der Waals surface area (Å²) >= 11 is 0. The molecule has 1 heterocycles. The van der Waals surface area contributed by atoms with Gasteiger partial charge in [-0.2, -0.15) is 10.4 Å². The predicted octanol–water partition coefficient (Wildman–Crippen LogP) is 1.13. The molecule has 0 saturated carbocycles. The van der Waals surface area contributed by atoms with Gasteiger partial charge in [0, 0.05) is 6.07 Å². The molecular weight excluding hydrogens is 230 g/mol. The highest BCUT2D eigenvalue weighted by Crippen LogP contribution is 2.13. The van der Waals surface area contributed by atoms with Crippen molar-refractivity contribution in [3.8, 4) is 11.8 Å². The number of rotatable bonds is 3. The Hall–Kier alpha value is -2.61. The van der Waals surface area contributed by atoms with Gasteiger partial charge in [0.05, 0.1) is 11.6 Å². The molecule has 2 N–H and O–H groups in total. The van der Waals surface area contributed by atoms with Gasteiger partial charge in [-0.15, -0.1) is 0 Å². The van der Waals surface area contributed by atoms with Gasteiger partial charge in [-0.1, -0.05) is 12.1 Å². The van der Waals surface area contributed by atoms with Crippen LogP contribution in [0.25, 0.3) is 0 Å². The largest absolute Gasteiger partial charge is 0.506 e. The van der Waals surface area contributed by atoms with Gasteiger partial charge in [-0.3, -0.25) is 4.79 Å². The maximum atomic E-state index is 10.9. The lowest BCUT2D eigenvalue weighted by Gasteiger charge is -2.03. The first-order chi connectivity index (χ1) is 8.69. The van der Waals surface area contributed by atoms with Gasteiger partial charge in [0.2, 0.25) is 0 Å². The predicted molar refractivity (Wildman–Crippen MR) is 65.1 cm³/mol. The molecule has 0 aliphatic heterocycles. The number of benzene rings is 1. The van der Waals surface area contributed by atoms with E-state index >= 15 is 0 Å². The summed E-state index contributed by atoms with van der Waals surface area (Å²) in [6, 6.07) is 10.4. The van der Waals surface area contributed by atoms with Crippen molar-refractivity contribution in [2.75, 3.05) is 0 Å². The van der Waals surface area contributed by atoms with Crippen molar-refractivity contribution in [1.29, 1.82) is 5.26 Å². The molecule has 0 amide bonds. The molecule has 2 aromatic rings. The lowest BCUT2D eigenvalue weighted by Crippen LogP contribution is -2.08. The Morgan fingerprint density at radius 1 is 1.28 bits per heavy atom. The normalized spacial score (nSPS) is 9.94. The van der Waals surface area contributed by atoms with Crippen LogP contribution in [0.1, 0.15) is 16.8 Å². The Labute approximate surface area is 103 Å². The Morgan fingerprint density at radius 3 is 2.61 bits per heavy atom. The first kappa shape index (κ1) is 11.9. The SMILES string of the molecule is N#Cc1ccc(CCc2n[nH]c(=O)cc2O)cc1. The molecule has 0 radical (unpaired) electrons. The van der Waals surface area contributed by atoms with Crippen LogP contribution in [0.2, 0.25) is 0 Å². The highest BCUT2D eigenvalue weighted by Gasteiger charge is 2.04. The standard InChI is InChI=1S/C13H11N3O2/c14-8-10-3-1-9(2-4-10)5-6-11-12(17)7-13(18)16-15-11/h1-4,7H,5-6H2,(H2,16,17,18). The van der Waals surface area contributed by atoms with Crippen molar-refractivity contribution < 1.29 is 5.11 Å². The minimum atomic E-state index is -0.422. The number of nitriles is 1. The summed E-state index contributed by atoms with van der Waals surface area (Å²) in [5, 5.41) is 24.3. The maximum absolute atomic E-state index is 10.9. The van der Waals surface area contributed by atoms with Gasteiger partial charge in [-0.05, 0) is 30.5 Å². The second-order valence-electron chi connectivity index (χ2n) is 3.87. The van der Waals surface area contributed by atoms with Crippen molar-refractivity contribution in [1.82, 2.24) is 10.2 Å². The number of nitrogens with one attached hydrogen (secondary N) is 1. The summed E-state index contributed by atoms with van der Waals surface area (Å²) in [5.74, 6) is -0.0904. The number of aromatic hydroxyl groups is 1. The molecule has 90 valence electrons. The number of aryl methyl sites for hydroxylation is 2. The van der Waals surface area contributed by atoms with Gasteiger partial charge in [-0.25, -0.2) is 5.10 Å². The van der Waals surface area contributed by atoms with E-state index < -0.39 is 5.56 Å². The molecule has 0 atom stereocenters. The Morgan fingerprint density at radius 2 is 2.00 bits per heavy atom. The third kappa shape index (κ3) is 2.74. The average molecular weight is 241 g/mol. The number of nitrogens with zero attached hydrogens (tertiary/aromatic N) is 2. The summed E-state index contributed by atoms with van der Waals surface area (Å²) in [6.07, 6.45) is 1.20. The molecule has 18 heavy (non-hydrogen) atoms. The fourth-order valence-corrected chi connectivity index (χ4v) is 1.61. The summed E-state index contributed by atoms with van der Waals surface area (Å²) in [6.45, 7) is 0. The molecule has 0 saturated heterocycles. The van der Waals surface area contributed by atoms with Crippen LogP contribution in [0.15, 0.2) is 35.1 Å². The number of aromatic amines is 1. The molecule has 1 aromatic carbocycles. The van der Waals surface area contributed by atoms with Gasteiger partial charge < -0.3 is 5.11 Å². The van der Waals surface area contributed by atoms with Crippen molar-refractivity contribution in [2.24, 2.45) is 0 Å². The molecule has 0 bridgehead atoms. The van der Waals surface area contributed by atoms with Crippen molar-refractivity contribution in [3.63, 3.8) is 0 Å². The second kappa shape index (κ2) is 5.15. The molecule has 0 fully saturated rings. The van der Waals surface area contributed by atoms with Crippen molar-refractivity contribution >= 4 is 0 Å². The molecule has 5 heteroatoms. The van der Waals surface area contributed by atoms with Gasteiger partial charge in [0.15, 0.2) is 0 Å². The number of hydrogen-bond donors (Lipinski definition) is 2. The second-order valence-corrected chi connectivity index (χ2v) is 3.87. The van der Waals surface area contributed by atoms with E-state index in [4.69, 9.17) is 5.26 Å². The van der Waals surface area contributed by atoms with Crippen LogP contribution in [-0.2, 0) is 12.8 Å². The van der Waals surface area contributed by atoms with Crippen LogP contribution in [0.3, 0.4) is 0 Å². The molecule has 0 aliphatic carbocycles. The van der Waals surface area contributed by atoms with Crippen LogP contribution in [-0.4, -0.2) is 15.3 Å². The van der Waals surface area contributed by atoms with Crippen molar-refractivity contribution in [2.45, 2.75) is 12.8 Å². The Bertz CT molecular complexity index is 639. The third-order valence-electron chi connectivity index (χ3n) is 2.60. The molecule has 0 spiro atoms. The van der Waals surface area contributed by atoms with Crippen molar-refractivity contribution in [3.05, 3.63) is 57.5 Å². The zero-order valence-corrected chi connectivity index (χ0v) is 9.55. The zero-order valence-electron chi connectivity index (χ0n) is 9.55. The average Bonchev–Trinajstić information content (AvgIpc) is 2.38. The van der Waals surface area contributed by atoms with Gasteiger partial charge >= 0.3 is 0 Å². The van der Waals surface area contributed by atoms with Crippen LogP contribution in [0.4, 0.5) is 0 Å². The molecule has 0 unspecified atom stereocenters. The number of H-pyrrole nitrogens is 1. The minimum absolute atomic E-state index is 0.0904. The topological polar surface area (TPSA) is 89.8 Å². The summed E-state index contributed by atoms with van der Waals surface area (Å²) in [7, 11) is 0. The zero-order chi connectivity index (χ0) is 13.0. The van der Waals surface area contributed by atoms with E-state index in [1.165, 1.54) is 0 Å². The van der Waals surface area contributed by atoms with Crippen LogP contribution in [0, 0.1) is 11.3 Å². The van der Waals surface area contributed by atoms with E-state index in [0.29, 0.717) is 24.1 Å². The van der Waals surface area contributed by atoms with Crippen LogP contribution < -0.4 is 5.56 Å². The van der Waals surface area contributed by atoms with Crippen LogP contribution in [0.5, 0.6) is 5.75 Å². The lowest BCUT2D eigenvalue weighted by atomic mass is 10.1. The van der Waals surface area contributed by atoms with E-state index in [1.54, 1.807) is 12.1 Å². The highest BCUT2D eigenvalue weighted by atomic mass is 16.3. The molecule has 1 aromatic heterocycles. The Balaban J connectivity index is 2.07. The van der Waals surface area contributed by atoms with Crippen LogP contribution >= 0.6 is 0 Å². The minimum Gasteiger partial charge on any atom is -0.506 e. The highest BCUT2D eigenvalue weighted by molar-refractivity contribution is 5.32.